The molecule has 0 aromatic rings. The molecule has 4 heteroatoms. The number of rotatable bonds is 6. The highest BCUT2D eigenvalue weighted by Crippen LogP contribution is 2.35. The molecule has 1 unspecified atom stereocenters. The summed E-state index contributed by atoms with van der Waals surface area (Å²) in [5.74, 6) is -0.179. The number of esters is 1. The van der Waals surface area contributed by atoms with E-state index in [0.29, 0.717) is 13.0 Å². The number of hydrogen-bond donors (Lipinski definition) is 2. The van der Waals surface area contributed by atoms with Gasteiger partial charge in [0.1, 0.15) is 0 Å². The van der Waals surface area contributed by atoms with Crippen LogP contribution < -0.4 is 5.32 Å². The first-order valence-corrected chi connectivity index (χ1v) is 5.16. The Balaban J connectivity index is 2.21. The molecule has 0 spiro atoms. The number of aliphatic hydroxyl groups excluding tert-OH is 1. The van der Waals surface area contributed by atoms with E-state index < -0.39 is 0 Å². The second kappa shape index (κ2) is 4.75. The van der Waals surface area contributed by atoms with E-state index >= 15 is 0 Å². The highest BCUT2D eigenvalue weighted by atomic mass is 16.5. The summed E-state index contributed by atoms with van der Waals surface area (Å²) in [6.07, 6.45) is 2.36. The first-order valence-electron chi connectivity index (χ1n) is 5.16. The molecular weight excluding hydrogens is 182 g/mol. The molecule has 1 aliphatic rings. The second-order valence-corrected chi connectivity index (χ2v) is 3.99. The van der Waals surface area contributed by atoms with Crippen molar-refractivity contribution in [2.45, 2.75) is 44.7 Å². The molecule has 1 rings (SSSR count). The Morgan fingerprint density at radius 2 is 2.29 bits per heavy atom. The van der Waals surface area contributed by atoms with E-state index in [1.54, 1.807) is 6.92 Å². The minimum absolute atomic E-state index is 0.0729. The normalized spacial score (nSPS) is 20.2. The first-order chi connectivity index (χ1) is 6.62. The van der Waals surface area contributed by atoms with Gasteiger partial charge >= 0.3 is 5.97 Å². The summed E-state index contributed by atoms with van der Waals surface area (Å²) in [5.41, 5.74) is -0.105. The summed E-state index contributed by atoms with van der Waals surface area (Å²) in [7, 11) is 0. The fraction of sp³-hybridized carbons (Fsp3) is 0.900. The van der Waals surface area contributed by atoms with Crippen LogP contribution in [0.5, 0.6) is 0 Å². The van der Waals surface area contributed by atoms with E-state index in [1.807, 2.05) is 6.92 Å². The van der Waals surface area contributed by atoms with Crippen molar-refractivity contribution >= 4 is 5.97 Å². The highest BCUT2D eigenvalue weighted by molar-refractivity contribution is 5.70. The quantitative estimate of drug-likeness (QED) is 0.612. The van der Waals surface area contributed by atoms with Crippen LogP contribution in [0.25, 0.3) is 0 Å². The Bertz CT molecular complexity index is 202. The summed E-state index contributed by atoms with van der Waals surface area (Å²) in [4.78, 5) is 11.1. The minimum atomic E-state index is -0.179. The van der Waals surface area contributed by atoms with Gasteiger partial charge in [-0.2, -0.15) is 0 Å². The van der Waals surface area contributed by atoms with Crippen molar-refractivity contribution in [3.05, 3.63) is 0 Å². The fourth-order valence-electron chi connectivity index (χ4n) is 1.54. The van der Waals surface area contributed by atoms with Crippen LogP contribution in [0.4, 0.5) is 0 Å². The van der Waals surface area contributed by atoms with Crippen LogP contribution in [-0.4, -0.2) is 35.9 Å². The van der Waals surface area contributed by atoms with Crippen molar-refractivity contribution in [3.63, 3.8) is 0 Å². The lowest BCUT2D eigenvalue weighted by molar-refractivity contribution is -0.143. The third kappa shape index (κ3) is 3.27. The van der Waals surface area contributed by atoms with Gasteiger partial charge in [0.15, 0.2) is 0 Å². The molecule has 0 heterocycles. The number of carbonyl (C=O) groups excluding carboxylic acids is 1. The van der Waals surface area contributed by atoms with E-state index in [0.717, 1.165) is 12.8 Å². The zero-order valence-electron chi connectivity index (χ0n) is 8.88. The Labute approximate surface area is 84.6 Å². The van der Waals surface area contributed by atoms with Crippen LogP contribution >= 0.6 is 0 Å². The summed E-state index contributed by atoms with van der Waals surface area (Å²) in [5, 5.41) is 12.3. The van der Waals surface area contributed by atoms with Gasteiger partial charge in [-0.3, -0.25) is 4.79 Å². The molecule has 1 aliphatic carbocycles. The molecule has 1 saturated carbocycles. The molecule has 2 N–H and O–H groups in total. The lowest BCUT2D eigenvalue weighted by atomic mass is 10.2. The molecule has 0 aliphatic heterocycles. The Hall–Kier alpha value is -0.610. The van der Waals surface area contributed by atoms with Gasteiger partial charge in [-0.15, -0.1) is 0 Å². The molecule has 0 bridgehead atoms. The summed E-state index contributed by atoms with van der Waals surface area (Å²) in [6, 6.07) is 0.0729. The molecule has 82 valence electrons. The molecule has 0 aromatic heterocycles. The van der Waals surface area contributed by atoms with Crippen LogP contribution in [0.2, 0.25) is 0 Å². The van der Waals surface area contributed by atoms with Crippen molar-refractivity contribution in [1.29, 1.82) is 0 Å². The molecule has 4 nitrogen and oxygen atoms in total. The Morgan fingerprint density at radius 3 is 2.71 bits per heavy atom. The number of hydrogen-bond acceptors (Lipinski definition) is 4. The van der Waals surface area contributed by atoms with Crippen LogP contribution in [0, 0.1) is 0 Å². The number of carbonyl (C=O) groups is 1. The average Bonchev–Trinajstić information content (AvgIpc) is 2.85. The predicted molar refractivity (Wildman–Crippen MR) is 52.9 cm³/mol. The molecule has 1 atom stereocenters. The molecule has 0 amide bonds. The molecule has 0 aromatic carbocycles. The molecule has 14 heavy (non-hydrogen) atoms. The van der Waals surface area contributed by atoms with Crippen molar-refractivity contribution in [2.75, 3.05) is 13.2 Å². The molecular formula is C10H19NO3. The van der Waals surface area contributed by atoms with Crippen LogP contribution in [0.3, 0.4) is 0 Å². The SMILES string of the molecule is CCOC(=O)CC(C)NC1(CO)CC1. The van der Waals surface area contributed by atoms with E-state index in [-0.39, 0.29) is 24.2 Å². The average molecular weight is 201 g/mol. The van der Waals surface area contributed by atoms with Crippen LogP contribution in [-0.2, 0) is 9.53 Å². The topological polar surface area (TPSA) is 58.6 Å². The summed E-state index contributed by atoms with van der Waals surface area (Å²) < 4.78 is 4.84. The van der Waals surface area contributed by atoms with E-state index in [9.17, 15) is 4.79 Å². The van der Waals surface area contributed by atoms with Crippen molar-refractivity contribution in [2.24, 2.45) is 0 Å². The molecule has 0 saturated heterocycles. The molecule has 1 fully saturated rings. The number of nitrogens with one attached hydrogen (secondary N) is 1. The van der Waals surface area contributed by atoms with Crippen molar-refractivity contribution in [3.8, 4) is 0 Å². The second-order valence-electron chi connectivity index (χ2n) is 3.99. The highest BCUT2D eigenvalue weighted by Gasteiger charge is 2.42. The smallest absolute Gasteiger partial charge is 0.307 e. The maximum atomic E-state index is 11.1. The summed E-state index contributed by atoms with van der Waals surface area (Å²) in [6.45, 7) is 4.32. The van der Waals surface area contributed by atoms with Crippen molar-refractivity contribution < 1.29 is 14.6 Å². The maximum Gasteiger partial charge on any atom is 0.307 e. The largest absolute Gasteiger partial charge is 0.466 e. The van der Waals surface area contributed by atoms with E-state index in [4.69, 9.17) is 9.84 Å². The van der Waals surface area contributed by atoms with Gasteiger partial charge < -0.3 is 15.2 Å². The van der Waals surface area contributed by atoms with Crippen LogP contribution in [0.1, 0.15) is 33.1 Å². The first kappa shape index (κ1) is 11.5. The van der Waals surface area contributed by atoms with Gasteiger partial charge in [0.2, 0.25) is 0 Å². The van der Waals surface area contributed by atoms with Gasteiger partial charge in [-0.05, 0) is 26.7 Å². The Kier molecular flexibility index (Phi) is 3.89. The van der Waals surface area contributed by atoms with E-state index in [1.165, 1.54) is 0 Å². The third-order valence-corrected chi connectivity index (χ3v) is 2.49. The number of ether oxygens (including phenoxy) is 1. The predicted octanol–water partition coefficient (Wildman–Crippen LogP) is 0.443. The minimum Gasteiger partial charge on any atom is -0.466 e. The van der Waals surface area contributed by atoms with Gasteiger partial charge in [0.05, 0.1) is 19.6 Å². The van der Waals surface area contributed by atoms with Gasteiger partial charge in [0, 0.05) is 11.6 Å². The zero-order valence-corrected chi connectivity index (χ0v) is 8.88. The Morgan fingerprint density at radius 1 is 1.64 bits per heavy atom. The van der Waals surface area contributed by atoms with Gasteiger partial charge in [-0.1, -0.05) is 0 Å². The standard InChI is InChI=1S/C10H19NO3/c1-3-14-9(13)6-8(2)11-10(7-12)4-5-10/h8,11-12H,3-7H2,1-2H3. The lowest BCUT2D eigenvalue weighted by Gasteiger charge is -2.20. The monoisotopic (exact) mass is 201 g/mol. The summed E-state index contributed by atoms with van der Waals surface area (Å²) >= 11 is 0. The van der Waals surface area contributed by atoms with Gasteiger partial charge in [-0.25, -0.2) is 0 Å². The van der Waals surface area contributed by atoms with Crippen LogP contribution in [0.15, 0.2) is 0 Å². The van der Waals surface area contributed by atoms with E-state index in [2.05, 4.69) is 5.32 Å². The zero-order chi connectivity index (χ0) is 10.6. The van der Waals surface area contributed by atoms with Crippen molar-refractivity contribution in [1.82, 2.24) is 5.32 Å². The lowest BCUT2D eigenvalue weighted by Crippen LogP contribution is -2.42. The number of aliphatic hydroxyl groups is 1. The van der Waals surface area contributed by atoms with Gasteiger partial charge in [0.25, 0.3) is 0 Å². The molecule has 0 radical (unpaired) electrons. The maximum absolute atomic E-state index is 11.1. The third-order valence-electron chi connectivity index (χ3n) is 2.49. The fourth-order valence-corrected chi connectivity index (χ4v) is 1.54.